The third-order valence-corrected chi connectivity index (χ3v) is 5.05. The molecule has 0 unspecified atom stereocenters. The van der Waals surface area contributed by atoms with Gasteiger partial charge in [-0.15, -0.1) is 0 Å². The number of nitrogens with two attached hydrogens (primary N) is 1. The van der Waals surface area contributed by atoms with E-state index in [1.54, 1.807) is 0 Å². The summed E-state index contributed by atoms with van der Waals surface area (Å²) in [5.74, 6) is 0.0491. The highest BCUT2D eigenvalue weighted by molar-refractivity contribution is 9.10. The normalized spacial score (nSPS) is 14.4. The Morgan fingerprint density at radius 3 is 2.90 bits per heavy atom. The van der Waals surface area contributed by atoms with Gasteiger partial charge in [0.05, 0.1) is 10.6 Å². The van der Waals surface area contributed by atoms with E-state index >= 15 is 0 Å². The van der Waals surface area contributed by atoms with E-state index in [0.717, 1.165) is 0 Å². The van der Waals surface area contributed by atoms with Crippen molar-refractivity contribution in [3.63, 3.8) is 0 Å². The molecule has 0 aromatic heterocycles. The topological polar surface area (TPSA) is 111 Å². The average Bonchev–Trinajstić information content (AvgIpc) is 2.37. The largest absolute Gasteiger partial charge is 0.482 e. The summed E-state index contributed by atoms with van der Waals surface area (Å²) in [7, 11) is -3.66. The summed E-state index contributed by atoms with van der Waals surface area (Å²) >= 11 is 3.19. The molecule has 0 saturated heterocycles. The van der Waals surface area contributed by atoms with Crippen LogP contribution in [-0.4, -0.2) is 34.0 Å². The number of hydrogen-bond acceptors (Lipinski definition) is 5. The van der Waals surface area contributed by atoms with E-state index in [2.05, 4.69) is 26.0 Å². The van der Waals surface area contributed by atoms with Gasteiger partial charge in [-0.25, -0.2) is 13.1 Å². The van der Waals surface area contributed by atoms with Crippen LogP contribution in [0.5, 0.6) is 5.75 Å². The quantitative estimate of drug-likeness (QED) is 0.656. The van der Waals surface area contributed by atoms with Crippen LogP contribution in [0.3, 0.4) is 0 Å². The van der Waals surface area contributed by atoms with Gasteiger partial charge in [0.1, 0.15) is 5.75 Å². The van der Waals surface area contributed by atoms with E-state index in [9.17, 15) is 13.2 Å². The fourth-order valence-corrected chi connectivity index (χ4v) is 3.80. The number of amides is 1. The molecule has 0 aliphatic carbocycles. The SMILES string of the molecule is NCCCNS(=O)(=O)c1cc2c(cc1Br)NC(=O)CO2. The number of hydrogen-bond donors (Lipinski definition) is 3. The molecule has 0 fully saturated rings. The second-order valence-electron chi connectivity index (χ2n) is 4.16. The van der Waals surface area contributed by atoms with Gasteiger partial charge in [0.2, 0.25) is 10.0 Å². The van der Waals surface area contributed by atoms with Crippen molar-refractivity contribution in [3.8, 4) is 5.75 Å². The van der Waals surface area contributed by atoms with E-state index in [0.29, 0.717) is 28.9 Å². The van der Waals surface area contributed by atoms with Gasteiger partial charge in [-0.05, 0) is 35.0 Å². The molecule has 1 heterocycles. The smallest absolute Gasteiger partial charge is 0.262 e. The standard InChI is InChI=1S/C11H14BrN3O4S/c12-7-4-8-9(19-6-11(16)15-8)5-10(7)20(17,18)14-3-1-2-13/h4-5,14H,1-3,6,13H2,(H,15,16). The first-order chi connectivity index (χ1) is 9.44. The molecule has 0 saturated carbocycles. The van der Waals surface area contributed by atoms with Gasteiger partial charge in [-0.2, -0.15) is 0 Å². The number of halogens is 1. The molecule has 1 aromatic carbocycles. The maximum atomic E-state index is 12.2. The minimum atomic E-state index is -3.66. The number of ether oxygens (including phenoxy) is 1. The van der Waals surface area contributed by atoms with Gasteiger partial charge in [0.15, 0.2) is 6.61 Å². The van der Waals surface area contributed by atoms with Crippen LogP contribution in [0.4, 0.5) is 5.69 Å². The maximum absolute atomic E-state index is 12.2. The van der Waals surface area contributed by atoms with Gasteiger partial charge in [-0.1, -0.05) is 0 Å². The van der Waals surface area contributed by atoms with E-state index in [1.165, 1.54) is 12.1 Å². The molecule has 0 radical (unpaired) electrons. The van der Waals surface area contributed by atoms with Crippen LogP contribution in [-0.2, 0) is 14.8 Å². The molecule has 20 heavy (non-hydrogen) atoms. The monoisotopic (exact) mass is 363 g/mol. The summed E-state index contributed by atoms with van der Waals surface area (Å²) in [6.45, 7) is 0.539. The third-order valence-electron chi connectivity index (χ3n) is 2.63. The van der Waals surface area contributed by atoms with E-state index in [4.69, 9.17) is 10.5 Å². The molecule has 0 spiro atoms. The highest BCUT2D eigenvalue weighted by Gasteiger charge is 2.23. The van der Waals surface area contributed by atoms with E-state index in [-0.39, 0.29) is 24.0 Å². The molecular formula is C11H14BrN3O4S. The zero-order valence-corrected chi connectivity index (χ0v) is 12.9. The van der Waals surface area contributed by atoms with Crippen molar-refractivity contribution in [2.24, 2.45) is 5.73 Å². The molecule has 1 aliphatic rings. The van der Waals surface area contributed by atoms with Crippen LogP contribution in [0.25, 0.3) is 0 Å². The van der Waals surface area contributed by atoms with Crippen LogP contribution in [0, 0.1) is 0 Å². The molecule has 0 atom stereocenters. The predicted octanol–water partition coefficient (Wildman–Crippen LogP) is 0.407. The zero-order chi connectivity index (χ0) is 14.8. The van der Waals surface area contributed by atoms with Crippen molar-refractivity contribution in [3.05, 3.63) is 16.6 Å². The minimum absolute atomic E-state index is 0.0596. The minimum Gasteiger partial charge on any atom is -0.482 e. The van der Waals surface area contributed by atoms with Gasteiger partial charge in [0.25, 0.3) is 5.91 Å². The fraction of sp³-hybridized carbons (Fsp3) is 0.364. The third kappa shape index (κ3) is 3.29. The first-order valence-corrected chi connectivity index (χ1v) is 8.17. The van der Waals surface area contributed by atoms with E-state index < -0.39 is 10.0 Å². The lowest BCUT2D eigenvalue weighted by Gasteiger charge is -2.19. The molecule has 7 nitrogen and oxygen atoms in total. The van der Waals surface area contributed by atoms with Crippen LogP contribution >= 0.6 is 15.9 Å². The summed E-state index contributed by atoms with van der Waals surface area (Å²) in [6.07, 6.45) is 0.550. The summed E-state index contributed by atoms with van der Waals surface area (Å²) in [4.78, 5) is 11.3. The number of anilines is 1. The van der Waals surface area contributed by atoms with Crippen LogP contribution in [0.15, 0.2) is 21.5 Å². The maximum Gasteiger partial charge on any atom is 0.262 e. The van der Waals surface area contributed by atoms with Gasteiger partial charge in [-0.3, -0.25) is 4.79 Å². The molecular weight excluding hydrogens is 350 g/mol. The predicted molar refractivity (Wildman–Crippen MR) is 77.1 cm³/mol. The molecule has 1 aromatic rings. The number of rotatable bonds is 5. The zero-order valence-electron chi connectivity index (χ0n) is 10.5. The molecule has 1 aliphatic heterocycles. The van der Waals surface area contributed by atoms with Crippen LogP contribution < -0.4 is 20.5 Å². The van der Waals surface area contributed by atoms with Crippen molar-refractivity contribution in [2.45, 2.75) is 11.3 Å². The Balaban J connectivity index is 2.31. The second kappa shape index (κ2) is 6.08. The lowest BCUT2D eigenvalue weighted by molar-refractivity contribution is -0.118. The Hall–Kier alpha value is -1.16. The average molecular weight is 364 g/mol. The first-order valence-electron chi connectivity index (χ1n) is 5.90. The Morgan fingerprint density at radius 1 is 1.45 bits per heavy atom. The van der Waals surface area contributed by atoms with Crippen molar-refractivity contribution in [1.29, 1.82) is 0 Å². The number of carbonyl (C=O) groups excluding carboxylic acids is 1. The molecule has 110 valence electrons. The van der Waals surface area contributed by atoms with Gasteiger partial charge >= 0.3 is 0 Å². The Bertz CT molecular complexity index is 633. The fourth-order valence-electron chi connectivity index (χ4n) is 1.67. The number of carbonyl (C=O) groups is 1. The second-order valence-corrected chi connectivity index (χ2v) is 6.75. The Kier molecular flexibility index (Phi) is 4.63. The Labute approximate surface area is 125 Å². The molecule has 4 N–H and O–H groups in total. The first kappa shape index (κ1) is 15.2. The van der Waals surface area contributed by atoms with Crippen molar-refractivity contribution in [1.82, 2.24) is 4.72 Å². The van der Waals surface area contributed by atoms with E-state index in [1.807, 2.05) is 0 Å². The molecule has 2 rings (SSSR count). The number of fused-ring (bicyclic) bond motifs is 1. The van der Waals surface area contributed by atoms with Crippen LogP contribution in [0.1, 0.15) is 6.42 Å². The summed E-state index contributed by atoms with van der Waals surface area (Å²) in [6, 6.07) is 2.88. The lowest BCUT2D eigenvalue weighted by atomic mass is 10.2. The van der Waals surface area contributed by atoms with Crippen LogP contribution in [0.2, 0.25) is 0 Å². The summed E-state index contributed by atoms with van der Waals surface area (Å²) in [5.41, 5.74) is 5.77. The van der Waals surface area contributed by atoms with Crippen molar-refractivity contribution in [2.75, 3.05) is 25.0 Å². The van der Waals surface area contributed by atoms with Crippen molar-refractivity contribution >= 4 is 37.5 Å². The highest BCUT2D eigenvalue weighted by atomic mass is 79.9. The van der Waals surface area contributed by atoms with Crippen molar-refractivity contribution < 1.29 is 17.9 Å². The molecule has 0 bridgehead atoms. The number of nitrogens with one attached hydrogen (secondary N) is 2. The summed E-state index contributed by atoms with van der Waals surface area (Å²) < 4.78 is 32.3. The number of sulfonamides is 1. The van der Waals surface area contributed by atoms with Gasteiger partial charge < -0.3 is 15.8 Å². The molecule has 9 heteroatoms. The van der Waals surface area contributed by atoms with Gasteiger partial charge in [0, 0.05) is 17.1 Å². The lowest BCUT2D eigenvalue weighted by Crippen LogP contribution is -2.28. The summed E-state index contributed by atoms with van der Waals surface area (Å²) in [5, 5.41) is 2.61. The number of benzene rings is 1. The Morgan fingerprint density at radius 2 is 2.20 bits per heavy atom. The highest BCUT2D eigenvalue weighted by Crippen LogP contribution is 2.35. The molecule has 1 amide bonds.